The van der Waals surface area contributed by atoms with Gasteiger partial charge >= 0.3 is 5.97 Å². The Hall–Kier alpha value is -3.55. The van der Waals surface area contributed by atoms with Gasteiger partial charge in [-0.2, -0.15) is 0 Å². The number of hydrogen-bond donors (Lipinski definition) is 3. The molecule has 1 saturated carbocycles. The quantitative estimate of drug-likeness (QED) is 0.475. The first-order valence-corrected chi connectivity index (χ1v) is 11.2. The van der Waals surface area contributed by atoms with Crippen LogP contribution in [0.1, 0.15) is 53.3 Å². The Morgan fingerprint density at radius 3 is 1.76 bits per heavy atom. The van der Waals surface area contributed by atoms with Crippen molar-refractivity contribution in [1.29, 1.82) is 0 Å². The predicted octanol–water partition coefficient (Wildman–Crippen LogP) is 3.27. The highest BCUT2D eigenvalue weighted by Crippen LogP contribution is 2.28. The van der Waals surface area contributed by atoms with Crippen LogP contribution in [0, 0.1) is 5.92 Å². The van der Waals surface area contributed by atoms with Gasteiger partial charge in [-0.25, -0.2) is 0 Å². The molecule has 1 fully saturated rings. The minimum atomic E-state index is -0.737. The number of carbonyl (C=O) groups excluding carboxylic acids is 2. The molecule has 0 heterocycles. The van der Waals surface area contributed by atoms with E-state index in [1.807, 2.05) is 6.92 Å². The second-order valence-corrected chi connectivity index (χ2v) is 7.92. The van der Waals surface area contributed by atoms with E-state index in [0.29, 0.717) is 68.0 Å². The van der Waals surface area contributed by atoms with Crippen LogP contribution in [0.5, 0.6) is 11.5 Å². The van der Waals surface area contributed by atoms with E-state index < -0.39 is 5.97 Å². The number of ether oxygens (including phenoxy) is 2. The molecule has 2 aromatic rings. The topological polar surface area (TPSA) is 114 Å². The molecule has 0 radical (unpaired) electrons. The summed E-state index contributed by atoms with van der Waals surface area (Å²) in [6.45, 7) is 3.06. The summed E-state index contributed by atoms with van der Waals surface area (Å²) in [7, 11) is 0. The van der Waals surface area contributed by atoms with Crippen molar-refractivity contribution in [3.8, 4) is 11.5 Å². The zero-order valence-corrected chi connectivity index (χ0v) is 18.7. The number of benzene rings is 2. The Bertz CT molecular complexity index is 934. The molecule has 1 aliphatic rings. The first-order valence-electron chi connectivity index (χ1n) is 11.2. The maximum absolute atomic E-state index is 12.3. The fourth-order valence-corrected chi connectivity index (χ4v) is 3.73. The first kappa shape index (κ1) is 24.1. The molecule has 33 heavy (non-hydrogen) atoms. The lowest BCUT2D eigenvalue weighted by Gasteiger charge is -2.26. The van der Waals surface area contributed by atoms with Crippen LogP contribution in [0.3, 0.4) is 0 Å². The van der Waals surface area contributed by atoms with Crippen LogP contribution in [-0.2, 0) is 4.79 Å². The fraction of sp³-hybridized carbons (Fsp3) is 0.400. The third-order valence-electron chi connectivity index (χ3n) is 5.57. The summed E-state index contributed by atoms with van der Waals surface area (Å²) in [5.74, 6) is -0.0949. The van der Waals surface area contributed by atoms with E-state index in [1.54, 1.807) is 48.5 Å². The van der Waals surface area contributed by atoms with E-state index in [1.165, 1.54) is 0 Å². The molecule has 8 nitrogen and oxygen atoms in total. The Morgan fingerprint density at radius 2 is 1.30 bits per heavy atom. The Kier molecular flexibility index (Phi) is 8.69. The van der Waals surface area contributed by atoms with Gasteiger partial charge < -0.3 is 25.2 Å². The lowest BCUT2D eigenvalue weighted by atomic mass is 9.87. The second-order valence-electron chi connectivity index (χ2n) is 7.92. The van der Waals surface area contributed by atoms with Crippen molar-refractivity contribution in [1.82, 2.24) is 10.6 Å². The largest absolute Gasteiger partial charge is 0.494 e. The molecule has 176 valence electrons. The van der Waals surface area contributed by atoms with E-state index in [0.717, 1.165) is 0 Å². The molecular formula is C25H30N2O6. The molecular weight excluding hydrogens is 424 g/mol. The minimum Gasteiger partial charge on any atom is -0.494 e. The van der Waals surface area contributed by atoms with E-state index in [-0.39, 0.29) is 23.8 Å². The lowest BCUT2D eigenvalue weighted by Crippen LogP contribution is -2.34. The van der Waals surface area contributed by atoms with E-state index in [4.69, 9.17) is 14.6 Å². The van der Waals surface area contributed by atoms with Crippen LogP contribution in [-0.4, -0.2) is 48.7 Å². The van der Waals surface area contributed by atoms with Crippen molar-refractivity contribution >= 4 is 17.8 Å². The normalized spacial score (nSPS) is 17.6. The van der Waals surface area contributed by atoms with Crippen molar-refractivity contribution in [2.75, 3.05) is 19.7 Å². The van der Waals surface area contributed by atoms with Gasteiger partial charge in [0.05, 0.1) is 18.6 Å². The van der Waals surface area contributed by atoms with Gasteiger partial charge in [-0.15, -0.1) is 0 Å². The van der Waals surface area contributed by atoms with Crippen molar-refractivity contribution in [2.45, 2.75) is 38.7 Å². The monoisotopic (exact) mass is 454 g/mol. The lowest BCUT2D eigenvalue weighted by molar-refractivity contribution is -0.143. The van der Waals surface area contributed by atoms with Crippen LogP contribution >= 0.6 is 0 Å². The zero-order valence-electron chi connectivity index (χ0n) is 18.7. The van der Waals surface area contributed by atoms with Crippen molar-refractivity contribution in [3.05, 3.63) is 59.7 Å². The molecule has 3 N–H and O–H groups in total. The van der Waals surface area contributed by atoms with Gasteiger partial charge in [0.15, 0.2) is 0 Å². The average molecular weight is 455 g/mol. The van der Waals surface area contributed by atoms with Crippen LogP contribution in [0.25, 0.3) is 0 Å². The van der Waals surface area contributed by atoms with Crippen LogP contribution in [0.2, 0.25) is 0 Å². The number of carboxylic acids is 1. The first-order chi connectivity index (χ1) is 16.0. The highest BCUT2D eigenvalue weighted by Gasteiger charge is 2.26. The summed E-state index contributed by atoms with van der Waals surface area (Å²) in [5.41, 5.74) is 1.02. The maximum Gasteiger partial charge on any atom is 0.306 e. The highest BCUT2D eigenvalue weighted by atomic mass is 16.5. The minimum absolute atomic E-state index is 0.000683. The van der Waals surface area contributed by atoms with Crippen LogP contribution in [0.15, 0.2) is 48.5 Å². The molecule has 0 aliphatic heterocycles. The second kappa shape index (κ2) is 11.9. The van der Waals surface area contributed by atoms with Gasteiger partial charge in [-0.1, -0.05) is 0 Å². The van der Waals surface area contributed by atoms with Gasteiger partial charge in [-0.3, -0.25) is 14.4 Å². The summed E-state index contributed by atoms with van der Waals surface area (Å²) < 4.78 is 11.3. The van der Waals surface area contributed by atoms with E-state index in [9.17, 15) is 14.4 Å². The predicted molar refractivity (Wildman–Crippen MR) is 123 cm³/mol. The third kappa shape index (κ3) is 7.24. The van der Waals surface area contributed by atoms with Crippen molar-refractivity contribution < 1.29 is 29.0 Å². The zero-order chi connectivity index (χ0) is 23.6. The summed E-state index contributed by atoms with van der Waals surface area (Å²) in [6, 6.07) is 13.7. The Morgan fingerprint density at radius 1 is 0.818 bits per heavy atom. The number of carboxylic acid groups (broad SMARTS) is 1. The summed E-state index contributed by atoms with van der Waals surface area (Å²) in [6.07, 6.45) is 2.66. The number of nitrogens with one attached hydrogen (secondary N) is 2. The van der Waals surface area contributed by atoms with Gasteiger partial charge in [-0.05, 0) is 81.1 Å². The standard InChI is InChI=1S/C25H30N2O6/c1-2-32-20-9-3-17(4-10-20)23(28)26-15-16-27-24(29)18-5-11-21(12-6-18)33-22-13-7-19(8-14-22)25(30)31/h3-6,9-12,19,22H,2,7-8,13-16H2,1H3,(H,26,28)(H,27,29)(H,30,31). The maximum atomic E-state index is 12.3. The molecule has 2 aromatic carbocycles. The molecule has 0 spiro atoms. The molecule has 0 saturated heterocycles. The molecule has 3 rings (SSSR count). The third-order valence-corrected chi connectivity index (χ3v) is 5.57. The van der Waals surface area contributed by atoms with Gasteiger partial charge in [0, 0.05) is 24.2 Å². The number of rotatable bonds is 10. The summed E-state index contributed by atoms with van der Waals surface area (Å²) in [5, 5.41) is 14.6. The summed E-state index contributed by atoms with van der Waals surface area (Å²) in [4.78, 5) is 35.5. The van der Waals surface area contributed by atoms with E-state index in [2.05, 4.69) is 10.6 Å². The van der Waals surface area contributed by atoms with Crippen LogP contribution in [0.4, 0.5) is 0 Å². The number of amides is 2. The Labute approximate surface area is 193 Å². The number of carbonyl (C=O) groups is 3. The number of hydrogen-bond acceptors (Lipinski definition) is 5. The average Bonchev–Trinajstić information content (AvgIpc) is 2.83. The number of aliphatic carboxylic acids is 1. The molecule has 8 heteroatoms. The van der Waals surface area contributed by atoms with Crippen molar-refractivity contribution in [3.63, 3.8) is 0 Å². The summed E-state index contributed by atoms with van der Waals surface area (Å²) >= 11 is 0. The molecule has 0 bridgehead atoms. The molecule has 2 amide bonds. The molecule has 1 aliphatic carbocycles. The highest BCUT2D eigenvalue weighted by molar-refractivity contribution is 5.95. The van der Waals surface area contributed by atoms with Gasteiger partial charge in [0.25, 0.3) is 11.8 Å². The Balaban J connectivity index is 1.37. The fourth-order valence-electron chi connectivity index (χ4n) is 3.73. The SMILES string of the molecule is CCOc1ccc(C(=O)NCCNC(=O)c2ccc(OC3CCC(C(=O)O)CC3)cc2)cc1. The molecule has 0 aromatic heterocycles. The van der Waals surface area contributed by atoms with E-state index >= 15 is 0 Å². The van der Waals surface area contributed by atoms with Gasteiger partial charge in [0.2, 0.25) is 0 Å². The van der Waals surface area contributed by atoms with Crippen molar-refractivity contribution in [2.24, 2.45) is 5.92 Å². The smallest absolute Gasteiger partial charge is 0.306 e. The van der Waals surface area contributed by atoms with Crippen LogP contribution < -0.4 is 20.1 Å². The molecule has 0 atom stereocenters. The van der Waals surface area contributed by atoms with Gasteiger partial charge in [0.1, 0.15) is 11.5 Å². The molecule has 0 unspecified atom stereocenters.